The third-order valence-electron chi connectivity index (χ3n) is 4.11. The first kappa shape index (κ1) is 14.0. The Hall–Kier alpha value is -1.39. The summed E-state index contributed by atoms with van der Waals surface area (Å²) in [5.41, 5.74) is 8.48. The molecule has 1 aliphatic heterocycles. The summed E-state index contributed by atoms with van der Waals surface area (Å²) in [4.78, 5) is 12.3. The summed E-state index contributed by atoms with van der Waals surface area (Å²) in [6, 6.07) is 5.75. The summed E-state index contributed by atoms with van der Waals surface area (Å²) in [5.74, 6) is -0.0520. The van der Waals surface area contributed by atoms with Crippen molar-refractivity contribution in [2.75, 3.05) is 6.54 Å². The molecular formula is C15H22N2O2. The van der Waals surface area contributed by atoms with Gasteiger partial charge in [0, 0.05) is 12.1 Å². The predicted molar refractivity (Wildman–Crippen MR) is 74.8 cm³/mol. The molecule has 0 spiro atoms. The highest BCUT2D eigenvalue weighted by atomic mass is 16.5. The number of rotatable bonds is 5. The van der Waals surface area contributed by atoms with Gasteiger partial charge in [-0.1, -0.05) is 19.9 Å². The Morgan fingerprint density at radius 3 is 2.63 bits per heavy atom. The first-order valence-electron chi connectivity index (χ1n) is 6.86. The van der Waals surface area contributed by atoms with E-state index in [9.17, 15) is 4.79 Å². The third-order valence-corrected chi connectivity index (χ3v) is 4.11. The molecule has 4 heteroatoms. The maximum atomic E-state index is 12.3. The van der Waals surface area contributed by atoms with Crippen LogP contribution in [0.15, 0.2) is 18.2 Å². The van der Waals surface area contributed by atoms with E-state index < -0.39 is 0 Å². The maximum Gasteiger partial charge on any atom is 0.251 e. The summed E-state index contributed by atoms with van der Waals surface area (Å²) >= 11 is 0. The van der Waals surface area contributed by atoms with Gasteiger partial charge in [-0.3, -0.25) is 4.79 Å². The lowest BCUT2D eigenvalue weighted by atomic mass is 9.92. The number of fused-ring (bicyclic) bond motifs is 1. The van der Waals surface area contributed by atoms with Crippen LogP contribution in [-0.2, 0) is 18.0 Å². The number of hydrogen-bond acceptors (Lipinski definition) is 3. The molecule has 4 nitrogen and oxygen atoms in total. The van der Waals surface area contributed by atoms with Crippen LogP contribution in [0.1, 0.15) is 48.2 Å². The van der Waals surface area contributed by atoms with Crippen LogP contribution in [0.4, 0.5) is 0 Å². The fourth-order valence-corrected chi connectivity index (χ4v) is 2.39. The van der Waals surface area contributed by atoms with Crippen molar-refractivity contribution in [2.24, 2.45) is 5.73 Å². The number of ether oxygens (including phenoxy) is 1. The lowest BCUT2D eigenvalue weighted by molar-refractivity contribution is 0.0895. The second-order valence-electron chi connectivity index (χ2n) is 5.12. The van der Waals surface area contributed by atoms with Gasteiger partial charge in [0.05, 0.1) is 18.8 Å². The van der Waals surface area contributed by atoms with E-state index in [4.69, 9.17) is 10.5 Å². The molecular weight excluding hydrogens is 240 g/mol. The lowest BCUT2D eigenvalue weighted by Crippen LogP contribution is -2.52. The quantitative estimate of drug-likeness (QED) is 0.852. The van der Waals surface area contributed by atoms with E-state index in [1.54, 1.807) is 0 Å². The minimum absolute atomic E-state index is 0.0520. The van der Waals surface area contributed by atoms with Gasteiger partial charge in [0.15, 0.2) is 0 Å². The number of benzene rings is 1. The number of amides is 1. The highest BCUT2D eigenvalue weighted by Crippen LogP contribution is 2.21. The molecule has 1 aliphatic rings. The average molecular weight is 262 g/mol. The normalized spacial score (nSPS) is 14.3. The summed E-state index contributed by atoms with van der Waals surface area (Å²) in [6.45, 7) is 5.80. The Bertz CT molecular complexity index is 459. The number of nitrogens with one attached hydrogen (secondary N) is 1. The Kier molecular flexibility index (Phi) is 4.22. The van der Waals surface area contributed by atoms with Gasteiger partial charge < -0.3 is 15.8 Å². The Balaban J connectivity index is 2.16. The monoisotopic (exact) mass is 262 g/mol. The lowest BCUT2D eigenvalue weighted by Gasteiger charge is -2.31. The van der Waals surface area contributed by atoms with Crippen molar-refractivity contribution in [3.05, 3.63) is 34.9 Å². The van der Waals surface area contributed by atoms with Crippen LogP contribution in [-0.4, -0.2) is 18.0 Å². The van der Waals surface area contributed by atoms with Crippen molar-refractivity contribution < 1.29 is 9.53 Å². The highest BCUT2D eigenvalue weighted by Gasteiger charge is 2.27. The fourth-order valence-electron chi connectivity index (χ4n) is 2.39. The van der Waals surface area contributed by atoms with Crippen molar-refractivity contribution in [1.82, 2.24) is 5.32 Å². The van der Waals surface area contributed by atoms with Gasteiger partial charge in [0.1, 0.15) is 0 Å². The predicted octanol–water partition coefficient (Wildman–Crippen LogP) is 1.96. The van der Waals surface area contributed by atoms with Crippen LogP contribution in [0.3, 0.4) is 0 Å². The largest absolute Gasteiger partial charge is 0.372 e. The van der Waals surface area contributed by atoms with Crippen LogP contribution >= 0.6 is 0 Å². The maximum absolute atomic E-state index is 12.3. The van der Waals surface area contributed by atoms with E-state index in [-0.39, 0.29) is 11.4 Å². The van der Waals surface area contributed by atoms with Crippen molar-refractivity contribution in [1.29, 1.82) is 0 Å². The second-order valence-corrected chi connectivity index (χ2v) is 5.12. The van der Waals surface area contributed by atoms with Gasteiger partial charge in [0.25, 0.3) is 5.91 Å². The van der Waals surface area contributed by atoms with Crippen molar-refractivity contribution in [3.63, 3.8) is 0 Å². The molecule has 0 atom stereocenters. The van der Waals surface area contributed by atoms with Gasteiger partial charge in [-0.15, -0.1) is 0 Å². The minimum atomic E-state index is -0.299. The Morgan fingerprint density at radius 2 is 2.00 bits per heavy atom. The van der Waals surface area contributed by atoms with Gasteiger partial charge in [-0.2, -0.15) is 0 Å². The summed E-state index contributed by atoms with van der Waals surface area (Å²) in [7, 11) is 0. The highest BCUT2D eigenvalue weighted by molar-refractivity contribution is 5.95. The van der Waals surface area contributed by atoms with Gasteiger partial charge in [0.2, 0.25) is 0 Å². The molecule has 0 saturated heterocycles. The third kappa shape index (κ3) is 2.80. The molecule has 0 aromatic heterocycles. The first-order valence-corrected chi connectivity index (χ1v) is 6.86. The molecule has 2 rings (SSSR count). The van der Waals surface area contributed by atoms with E-state index in [0.29, 0.717) is 25.3 Å². The molecule has 0 fully saturated rings. The van der Waals surface area contributed by atoms with Crippen molar-refractivity contribution in [2.45, 2.75) is 45.4 Å². The average Bonchev–Trinajstić information content (AvgIpc) is 2.92. The molecule has 1 aromatic carbocycles. The molecule has 0 aliphatic carbocycles. The van der Waals surface area contributed by atoms with Crippen LogP contribution in [0.2, 0.25) is 0 Å². The molecule has 3 N–H and O–H groups in total. The number of carbonyl (C=O) groups is 1. The van der Waals surface area contributed by atoms with E-state index in [1.165, 1.54) is 5.56 Å². The summed E-state index contributed by atoms with van der Waals surface area (Å²) in [5, 5.41) is 3.08. The molecule has 0 saturated carbocycles. The second kappa shape index (κ2) is 5.72. The van der Waals surface area contributed by atoms with E-state index in [1.807, 2.05) is 32.0 Å². The summed E-state index contributed by atoms with van der Waals surface area (Å²) in [6.07, 6.45) is 1.67. The molecule has 0 bridgehead atoms. The Morgan fingerprint density at radius 1 is 1.32 bits per heavy atom. The number of nitrogens with two attached hydrogens (primary N) is 1. The van der Waals surface area contributed by atoms with Crippen LogP contribution in [0.25, 0.3) is 0 Å². The standard InChI is InChI=1S/C15H22N2O2/c1-3-15(4-2,10-16)17-14(18)11-5-6-12-8-19-9-13(12)7-11/h5-7H,3-4,8-10,16H2,1-2H3,(H,17,18). The molecule has 0 radical (unpaired) electrons. The number of hydrogen-bond donors (Lipinski definition) is 2. The van der Waals surface area contributed by atoms with Crippen LogP contribution < -0.4 is 11.1 Å². The first-order chi connectivity index (χ1) is 9.14. The van der Waals surface area contributed by atoms with E-state index in [2.05, 4.69) is 5.32 Å². The smallest absolute Gasteiger partial charge is 0.251 e. The molecule has 1 heterocycles. The molecule has 1 aromatic rings. The minimum Gasteiger partial charge on any atom is -0.372 e. The van der Waals surface area contributed by atoms with E-state index in [0.717, 1.165) is 18.4 Å². The van der Waals surface area contributed by atoms with Crippen LogP contribution in [0, 0.1) is 0 Å². The fraction of sp³-hybridized carbons (Fsp3) is 0.533. The van der Waals surface area contributed by atoms with E-state index >= 15 is 0 Å². The molecule has 1 amide bonds. The number of carbonyl (C=O) groups excluding carboxylic acids is 1. The zero-order chi connectivity index (χ0) is 13.9. The summed E-state index contributed by atoms with van der Waals surface area (Å²) < 4.78 is 5.36. The molecule has 0 unspecified atom stereocenters. The van der Waals surface area contributed by atoms with Gasteiger partial charge in [-0.25, -0.2) is 0 Å². The topological polar surface area (TPSA) is 64.3 Å². The molecule has 104 valence electrons. The van der Waals surface area contributed by atoms with Crippen molar-refractivity contribution in [3.8, 4) is 0 Å². The van der Waals surface area contributed by atoms with Gasteiger partial charge in [-0.05, 0) is 36.1 Å². The Labute approximate surface area is 114 Å². The zero-order valence-electron chi connectivity index (χ0n) is 11.7. The molecule has 19 heavy (non-hydrogen) atoms. The van der Waals surface area contributed by atoms with Crippen LogP contribution in [0.5, 0.6) is 0 Å². The van der Waals surface area contributed by atoms with Gasteiger partial charge >= 0.3 is 0 Å². The zero-order valence-corrected chi connectivity index (χ0v) is 11.7. The van der Waals surface area contributed by atoms with Crippen molar-refractivity contribution >= 4 is 5.91 Å². The SMILES string of the molecule is CCC(CC)(CN)NC(=O)c1ccc2c(c1)COC2.